The highest BCUT2D eigenvalue weighted by atomic mass is 16.2. The summed E-state index contributed by atoms with van der Waals surface area (Å²) in [6.07, 6.45) is 1.70. The van der Waals surface area contributed by atoms with Gasteiger partial charge in [-0.1, -0.05) is 6.92 Å². The Morgan fingerprint density at radius 3 is 2.65 bits per heavy atom. The number of hydrogen-bond acceptors (Lipinski definition) is 4. The van der Waals surface area contributed by atoms with Crippen LogP contribution in [0.4, 0.5) is 4.79 Å². The summed E-state index contributed by atoms with van der Waals surface area (Å²) in [6.45, 7) is 1.36. The molecule has 1 heterocycles. The molecule has 1 aromatic rings. The van der Waals surface area contributed by atoms with Crippen LogP contribution in [0.25, 0.3) is 0 Å². The lowest BCUT2D eigenvalue weighted by Gasteiger charge is -2.05. The molecule has 0 atom stereocenters. The molecule has 0 aliphatic carbocycles. The van der Waals surface area contributed by atoms with E-state index in [4.69, 9.17) is 5.73 Å². The number of hydrogen-bond donors (Lipinski definition) is 3. The monoisotopic (exact) mass is 240 g/mol. The largest absolute Gasteiger partial charge is 0.351 e. The summed E-state index contributed by atoms with van der Waals surface area (Å²) < 4.78 is 0.999. The Morgan fingerprint density at radius 2 is 2.12 bits per heavy atom. The summed E-state index contributed by atoms with van der Waals surface area (Å²) in [5.74, 6) is -0.728. The van der Waals surface area contributed by atoms with Gasteiger partial charge in [0.05, 0.1) is 0 Å². The third kappa shape index (κ3) is 3.30. The molecule has 92 valence electrons. The van der Waals surface area contributed by atoms with E-state index in [9.17, 15) is 19.2 Å². The average Bonchev–Trinajstić information content (AvgIpc) is 2.20. The topological polar surface area (TPSA) is 127 Å². The number of nitrogens with two attached hydrogens (primary N) is 1. The van der Waals surface area contributed by atoms with Gasteiger partial charge < -0.3 is 5.73 Å². The number of carbonyl (C=O) groups excluding carboxylic acids is 2. The number of H-pyrrole nitrogens is 1. The smallest absolute Gasteiger partial charge is 0.328 e. The number of aryl methyl sites for hydroxylation is 1. The lowest BCUT2D eigenvalue weighted by molar-refractivity contribution is -0.120. The number of aromatic nitrogens is 2. The van der Waals surface area contributed by atoms with Gasteiger partial charge >= 0.3 is 11.7 Å². The molecule has 8 nitrogen and oxygen atoms in total. The third-order valence-corrected chi connectivity index (χ3v) is 2.04. The zero-order valence-electron chi connectivity index (χ0n) is 9.15. The second-order valence-corrected chi connectivity index (χ2v) is 3.31. The Bertz CT molecular complexity index is 557. The van der Waals surface area contributed by atoms with E-state index in [1.807, 2.05) is 5.32 Å². The number of urea groups is 1. The molecule has 3 amide bonds. The number of primary amides is 1. The van der Waals surface area contributed by atoms with E-state index in [1.54, 1.807) is 6.92 Å². The van der Waals surface area contributed by atoms with Crippen LogP contribution in [0.5, 0.6) is 0 Å². The molecule has 0 aliphatic heterocycles. The summed E-state index contributed by atoms with van der Waals surface area (Å²) >= 11 is 0. The molecule has 0 fully saturated rings. The maximum atomic E-state index is 11.3. The molecule has 0 unspecified atom stereocenters. The van der Waals surface area contributed by atoms with Gasteiger partial charge in [0, 0.05) is 11.8 Å². The second kappa shape index (κ2) is 5.10. The standard InChI is InChI=1S/C9H12N4O4/c1-2-5-3-13(9(17)12-7(5)15)4-6(14)11-8(10)16/h3H,2,4H2,1H3,(H,12,15,17)(H3,10,11,14,16). The van der Waals surface area contributed by atoms with Crippen molar-refractivity contribution >= 4 is 11.9 Å². The number of nitrogens with zero attached hydrogens (tertiary/aromatic N) is 1. The number of amides is 3. The van der Waals surface area contributed by atoms with Crippen molar-refractivity contribution in [2.75, 3.05) is 0 Å². The van der Waals surface area contributed by atoms with Crippen molar-refractivity contribution in [1.82, 2.24) is 14.9 Å². The quantitative estimate of drug-likeness (QED) is 0.581. The van der Waals surface area contributed by atoms with E-state index in [0.717, 1.165) is 4.57 Å². The minimum atomic E-state index is -0.997. The van der Waals surface area contributed by atoms with Crippen molar-refractivity contribution in [3.63, 3.8) is 0 Å². The maximum Gasteiger partial charge on any atom is 0.328 e. The molecule has 0 aromatic carbocycles. The van der Waals surface area contributed by atoms with Crippen molar-refractivity contribution in [2.24, 2.45) is 5.73 Å². The van der Waals surface area contributed by atoms with Gasteiger partial charge in [-0.3, -0.25) is 24.5 Å². The molecule has 1 rings (SSSR count). The van der Waals surface area contributed by atoms with Crippen LogP contribution in [-0.4, -0.2) is 21.5 Å². The minimum Gasteiger partial charge on any atom is -0.351 e. The summed E-state index contributed by atoms with van der Waals surface area (Å²) in [5, 5.41) is 1.82. The van der Waals surface area contributed by atoms with Gasteiger partial charge in [-0.15, -0.1) is 0 Å². The first-order chi connectivity index (χ1) is 7.93. The van der Waals surface area contributed by atoms with Crippen molar-refractivity contribution in [2.45, 2.75) is 19.9 Å². The summed E-state index contributed by atoms with van der Waals surface area (Å²) in [7, 11) is 0. The van der Waals surface area contributed by atoms with E-state index >= 15 is 0 Å². The normalized spacial score (nSPS) is 9.94. The summed E-state index contributed by atoms with van der Waals surface area (Å²) in [5.41, 5.74) is 3.92. The van der Waals surface area contributed by atoms with E-state index in [2.05, 4.69) is 4.98 Å². The number of nitrogens with one attached hydrogen (secondary N) is 2. The van der Waals surface area contributed by atoms with Gasteiger partial charge in [-0.25, -0.2) is 9.59 Å². The fourth-order valence-corrected chi connectivity index (χ4v) is 1.26. The predicted octanol–water partition coefficient (Wildman–Crippen LogP) is -1.71. The van der Waals surface area contributed by atoms with Crippen molar-refractivity contribution in [3.05, 3.63) is 32.6 Å². The Kier molecular flexibility index (Phi) is 3.81. The van der Waals surface area contributed by atoms with Crippen LogP contribution in [0.2, 0.25) is 0 Å². The van der Waals surface area contributed by atoms with Gasteiger partial charge in [0.1, 0.15) is 6.54 Å². The molecule has 1 aromatic heterocycles. The second-order valence-electron chi connectivity index (χ2n) is 3.31. The molecule has 8 heteroatoms. The molecular weight excluding hydrogens is 228 g/mol. The third-order valence-electron chi connectivity index (χ3n) is 2.04. The van der Waals surface area contributed by atoms with E-state index in [0.29, 0.717) is 12.0 Å². The maximum absolute atomic E-state index is 11.3. The zero-order valence-corrected chi connectivity index (χ0v) is 9.15. The molecule has 0 saturated heterocycles. The predicted molar refractivity (Wildman–Crippen MR) is 58.4 cm³/mol. The lowest BCUT2D eigenvalue weighted by Crippen LogP contribution is -2.40. The molecular formula is C9H12N4O4. The highest BCUT2D eigenvalue weighted by Crippen LogP contribution is 1.88. The van der Waals surface area contributed by atoms with E-state index in [-0.39, 0.29) is 6.54 Å². The molecule has 4 N–H and O–H groups in total. The SMILES string of the molecule is CCc1cn(CC(=O)NC(N)=O)c(=O)[nH]c1=O. The number of aromatic amines is 1. The fourth-order valence-electron chi connectivity index (χ4n) is 1.26. The summed E-state index contributed by atoms with van der Waals surface area (Å²) in [6, 6.07) is -0.997. The summed E-state index contributed by atoms with van der Waals surface area (Å²) in [4.78, 5) is 46.3. The van der Waals surface area contributed by atoms with Gasteiger partial charge in [0.15, 0.2) is 0 Å². The van der Waals surface area contributed by atoms with Gasteiger partial charge in [0.2, 0.25) is 5.91 Å². The minimum absolute atomic E-state index is 0.372. The van der Waals surface area contributed by atoms with Gasteiger partial charge in [-0.05, 0) is 6.42 Å². The Morgan fingerprint density at radius 1 is 1.47 bits per heavy atom. The number of carbonyl (C=O) groups is 2. The van der Waals surface area contributed by atoms with Crippen LogP contribution in [0.3, 0.4) is 0 Å². The van der Waals surface area contributed by atoms with Crippen LogP contribution >= 0.6 is 0 Å². The zero-order chi connectivity index (χ0) is 13.0. The first-order valence-corrected chi connectivity index (χ1v) is 4.86. The molecule has 0 bridgehead atoms. The lowest BCUT2D eigenvalue weighted by atomic mass is 10.2. The number of rotatable bonds is 3. The van der Waals surface area contributed by atoms with Crippen molar-refractivity contribution in [1.29, 1.82) is 0 Å². The molecule has 0 spiro atoms. The first-order valence-electron chi connectivity index (χ1n) is 4.86. The Balaban J connectivity index is 2.99. The van der Waals surface area contributed by atoms with Crippen LogP contribution in [0.1, 0.15) is 12.5 Å². The highest BCUT2D eigenvalue weighted by Gasteiger charge is 2.08. The van der Waals surface area contributed by atoms with Crippen LogP contribution in [0, 0.1) is 0 Å². The van der Waals surface area contributed by atoms with Crippen molar-refractivity contribution in [3.8, 4) is 0 Å². The Labute approximate surface area is 95.4 Å². The molecule has 0 saturated carbocycles. The average molecular weight is 240 g/mol. The molecule has 0 radical (unpaired) electrons. The van der Waals surface area contributed by atoms with Gasteiger partial charge in [-0.2, -0.15) is 0 Å². The molecule has 0 aliphatic rings. The highest BCUT2D eigenvalue weighted by molar-refractivity contribution is 5.93. The van der Waals surface area contributed by atoms with E-state index < -0.39 is 23.2 Å². The van der Waals surface area contributed by atoms with Gasteiger partial charge in [0.25, 0.3) is 5.56 Å². The van der Waals surface area contributed by atoms with Crippen LogP contribution in [0.15, 0.2) is 15.8 Å². The first kappa shape index (κ1) is 12.7. The number of imide groups is 1. The Hall–Kier alpha value is -2.38. The van der Waals surface area contributed by atoms with Crippen LogP contribution < -0.4 is 22.3 Å². The van der Waals surface area contributed by atoms with Crippen molar-refractivity contribution < 1.29 is 9.59 Å². The fraction of sp³-hybridized carbons (Fsp3) is 0.333. The molecule has 17 heavy (non-hydrogen) atoms. The van der Waals surface area contributed by atoms with Crippen LogP contribution in [-0.2, 0) is 17.8 Å². The van der Waals surface area contributed by atoms with E-state index in [1.165, 1.54) is 6.20 Å².